The summed E-state index contributed by atoms with van der Waals surface area (Å²) < 4.78 is 0. The van der Waals surface area contributed by atoms with Gasteiger partial charge in [0.1, 0.15) is 5.75 Å². The van der Waals surface area contributed by atoms with Gasteiger partial charge in [0, 0.05) is 18.5 Å². The first-order valence-corrected chi connectivity index (χ1v) is 8.25. The van der Waals surface area contributed by atoms with Gasteiger partial charge in [-0.1, -0.05) is 25.0 Å². The number of aromatic hydroxyl groups is 1. The molecule has 4 rings (SSSR count). The first kappa shape index (κ1) is 12.7. The Kier molecular flexibility index (Phi) is 3.03. The zero-order valence-electron chi connectivity index (χ0n) is 12.2. The molecular weight excluding hydrogens is 246 g/mol. The number of hydrogen-bond acceptors (Lipinski definition) is 2. The molecule has 1 heterocycles. The number of nitrogens with zero attached hydrogens (tertiary/aromatic N) is 1. The predicted molar refractivity (Wildman–Crippen MR) is 80.9 cm³/mol. The molecule has 0 radical (unpaired) electrons. The number of benzene rings is 1. The van der Waals surface area contributed by atoms with E-state index in [0.717, 1.165) is 11.8 Å². The van der Waals surface area contributed by atoms with Crippen LogP contribution in [0.4, 0.5) is 0 Å². The summed E-state index contributed by atoms with van der Waals surface area (Å²) in [5.41, 5.74) is 1.69. The first-order valence-electron chi connectivity index (χ1n) is 8.25. The zero-order chi connectivity index (χ0) is 13.6. The van der Waals surface area contributed by atoms with E-state index in [4.69, 9.17) is 0 Å². The van der Waals surface area contributed by atoms with Gasteiger partial charge in [0.2, 0.25) is 0 Å². The Morgan fingerprint density at radius 2 is 1.95 bits per heavy atom. The minimum absolute atomic E-state index is 0.314. The van der Waals surface area contributed by atoms with Crippen LogP contribution in [-0.2, 0) is 5.41 Å². The summed E-state index contributed by atoms with van der Waals surface area (Å²) in [4.78, 5) is 2.68. The first-order chi connectivity index (χ1) is 9.73. The molecule has 3 fully saturated rings. The van der Waals surface area contributed by atoms with Crippen molar-refractivity contribution in [3.63, 3.8) is 0 Å². The molecule has 1 aliphatic heterocycles. The van der Waals surface area contributed by atoms with E-state index in [1.165, 1.54) is 63.7 Å². The lowest BCUT2D eigenvalue weighted by Crippen LogP contribution is -2.32. The van der Waals surface area contributed by atoms with Gasteiger partial charge >= 0.3 is 0 Å². The van der Waals surface area contributed by atoms with Crippen LogP contribution in [0.5, 0.6) is 5.75 Å². The highest BCUT2D eigenvalue weighted by Crippen LogP contribution is 2.47. The van der Waals surface area contributed by atoms with Crippen LogP contribution in [0.3, 0.4) is 0 Å². The lowest BCUT2D eigenvalue weighted by atomic mass is 9.75. The summed E-state index contributed by atoms with van der Waals surface area (Å²) in [5.74, 6) is 2.35. The monoisotopic (exact) mass is 271 g/mol. The second-order valence-corrected chi connectivity index (χ2v) is 7.41. The van der Waals surface area contributed by atoms with Gasteiger partial charge < -0.3 is 10.0 Å². The van der Waals surface area contributed by atoms with Crippen LogP contribution in [0.2, 0.25) is 0 Å². The molecule has 0 amide bonds. The fraction of sp³-hybridized carbons (Fsp3) is 0.667. The van der Waals surface area contributed by atoms with Gasteiger partial charge in [-0.25, -0.2) is 0 Å². The molecule has 2 heteroatoms. The number of likely N-dealkylation sites (tertiary alicyclic amines) is 1. The van der Waals surface area contributed by atoms with Crippen LogP contribution >= 0.6 is 0 Å². The van der Waals surface area contributed by atoms with Crippen molar-refractivity contribution < 1.29 is 5.11 Å². The van der Waals surface area contributed by atoms with E-state index >= 15 is 0 Å². The van der Waals surface area contributed by atoms with Gasteiger partial charge in [0.05, 0.1) is 0 Å². The van der Waals surface area contributed by atoms with Crippen LogP contribution in [0.1, 0.15) is 44.1 Å². The number of hydrogen-bond donors (Lipinski definition) is 1. The van der Waals surface area contributed by atoms with Gasteiger partial charge in [-0.15, -0.1) is 0 Å². The maximum absolute atomic E-state index is 9.85. The molecule has 3 aliphatic rings. The third-order valence-corrected chi connectivity index (χ3v) is 5.48. The summed E-state index contributed by atoms with van der Waals surface area (Å²) in [6.07, 6.45) is 8.33. The van der Waals surface area contributed by atoms with E-state index in [1.807, 2.05) is 12.1 Å². The summed E-state index contributed by atoms with van der Waals surface area (Å²) in [6.45, 7) is 3.77. The van der Waals surface area contributed by atoms with E-state index in [2.05, 4.69) is 11.0 Å². The fourth-order valence-electron chi connectivity index (χ4n) is 4.01. The molecule has 0 spiro atoms. The maximum atomic E-state index is 9.85. The van der Waals surface area contributed by atoms with Gasteiger partial charge in [-0.2, -0.15) is 0 Å². The van der Waals surface area contributed by atoms with E-state index in [0.29, 0.717) is 11.2 Å². The zero-order valence-corrected chi connectivity index (χ0v) is 12.2. The van der Waals surface area contributed by atoms with Crippen molar-refractivity contribution in [1.29, 1.82) is 0 Å². The van der Waals surface area contributed by atoms with Crippen molar-refractivity contribution in [1.82, 2.24) is 4.90 Å². The molecule has 2 aliphatic carbocycles. The SMILES string of the molecule is Oc1cccc([C@@]2(CC3CC3)CCN(CC3CC3)C2)c1. The second-order valence-electron chi connectivity index (χ2n) is 7.41. The summed E-state index contributed by atoms with van der Waals surface area (Å²) in [7, 11) is 0. The Labute approximate surface area is 121 Å². The Bertz CT molecular complexity index is 492. The molecule has 20 heavy (non-hydrogen) atoms. The largest absolute Gasteiger partial charge is 0.508 e. The second kappa shape index (κ2) is 4.77. The van der Waals surface area contributed by atoms with Crippen molar-refractivity contribution >= 4 is 0 Å². The minimum atomic E-state index is 0.314. The molecule has 1 N–H and O–H groups in total. The molecule has 2 saturated carbocycles. The average Bonchev–Trinajstić information content (AvgIpc) is 3.33. The van der Waals surface area contributed by atoms with Gasteiger partial charge in [0.15, 0.2) is 0 Å². The molecule has 1 saturated heterocycles. The highest BCUT2D eigenvalue weighted by Gasteiger charge is 2.44. The smallest absolute Gasteiger partial charge is 0.115 e. The van der Waals surface area contributed by atoms with Crippen molar-refractivity contribution in [2.75, 3.05) is 19.6 Å². The van der Waals surface area contributed by atoms with Crippen LogP contribution < -0.4 is 0 Å². The molecule has 2 nitrogen and oxygen atoms in total. The van der Waals surface area contributed by atoms with Gasteiger partial charge in [-0.05, 0) is 61.8 Å². The Morgan fingerprint density at radius 1 is 1.15 bits per heavy atom. The van der Waals surface area contributed by atoms with Crippen LogP contribution in [0.25, 0.3) is 0 Å². The van der Waals surface area contributed by atoms with E-state index in [9.17, 15) is 5.11 Å². The van der Waals surface area contributed by atoms with E-state index in [-0.39, 0.29) is 0 Å². The minimum Gasteiger partial charge on any atom is -0.508 e. The van der Waals surface area contributed by atoms with Gasteiger partial charge in [0.25, 0.3) is 0 Å². The standard InChI is InChI=1S/C18H25NO/c20-17-3-1-2-16(10-17)18(11-14-4-5-14)8-9-19(13-18)12-15-6-7-15/h1-3,10,14-15,20H,4-9,11-13H2/t18-/m1/s1. The highest BCUT2D eigenvalue weighted by molar-refractivity contribution is 5.35. The Hall–Kier alpha value is -1.02. The van der Waals surface area contributed by atoms with Crippen LogP contribution in [0, 0.1) is 11.8 Å². The molecule has 108 valence electrons. The summed E-state index contributed by atoms with van der Waals surface area (Å²) in [5, 5.41) is 9.85. The summed E-state index contributed by atoms with van der Waals surface area (Å²) >= 11 is 0. The van der Waals surface area contributed by atoms with Crippen molar-refractivity contribution in [2.24, 2.45) is 11.8 Å². The molecule has 1 aromatic rings. The molecule has 0 aromatic heterocycles. The lowest BCUT2D eigenvalue weighted by Gasteiger charge is -2.30. The van der Waals surface area contributed by atoms with Crippen LogP contribution in [-0.4, -0.2) is 29.6 Å². The molecule has 1 atom stereocenters. The van der Waals surface area contributed by atoms with Crippen molar-refractivity contribution in [3.8, 4) is 5.75 Å². The Morgan fingerprint density at radius 3 is 2.65 bits per heavy atom. The number of rotatable bonds is 5. The number of phenols is 1. The van der Waals surface area contributed by atoms with E-state index < -0.39 is 0 Å². The highest BCUT2D eigenvalue weighted by atomic mass is 16.3. The topological polar surface area (TPSA) is 23.5 Å². The van der Waals surface area contributed by atoms with Crippen molar-refractivity contribution in [2.45, 2.75) is 43.9 Å². The van der Waals surface area contributed by atoms with Crippen LogP contribution in [0.15, 0.2) is 24.3 Å². The third-order valence-electron chi connectivity index (χ3n) is 5.48. The maximum Gasteiger partial charge on any atom is 0.115 e. The molecule has 0 unspecified atom stereocenters. The molecule has 1 aromatic carbocycles. The lowest BCUT2D eigenvalue weighted by molar-refractivity contribution is 0.286. The van der Waals surface area contributed by atoms with Crippen molar-refractivity contribution in [3.05, 3.63) is 29.8 Å². The Balaban J connectivity index is 1.57. The summed E-state index contributed by atoms with van der Waals surface area (Å²) in [6, 6.07) is 8.07. The predicted octanol–water partition coefficient (Wildman–Crippen LogP) is 3.55. The quantitative estimate of drug-likeness (QED) is 0.885. The third kappa shape index (κ3) is 2.58. The normalized spacial score (nSPS) is 30.8. The average molecular weight is 271 g/mol. The van der Waals surface area contributed by atoms with E-state index in [1.54, 1.807) is 6.07 Å². The fourth-order valence-corrected chi connectivity index (χ4v) is 4.01. The number of phenolic OH excluding ortho intramolecular Hbond substituents is 1. The molecular formula is C18H25NO. The van der Waals surface area contributed by atoms with Gasteiger partial charge in [-0.3, -0.25) is 0 Å². The molecule has 0 bridgehead atoms.